The van der Waals surface area contributed by atoms with Crippen LogP contribution in [0, 0.1) is 18.8 Å². The van der Waals surface area contributed by atoms with E-state index in [0.29, 0.717) is 12.0 Å². The molecule has 1 aliphatic rings. The molecule has 1 N–H and O–H groups in total. The smallest absolute Gasteiger partial charge is 0.130 e. The molecule has 1 saturated carbocycles. The minimum atomic E-state index is 0.624. The number of aromatic nitrogens is 2. The van der Waals surface area contributed by atoms with Gasteiger partial charge in [-0.2, -0.15) is 5.10 Å². The highest BCUT2D eigenvalue weighted by Crippen LogP contribution is 2.35. The molecule has 3 atom stereocenters. The molecule has 1 aromatic heterocycles. The van der Waals surface area contributed by atoms with Crippen molar-refractivity contribution >= 4 is 11.6 Å². The van der Waals surface area contributed by atoms with Crippen LogP contribution in [0.15, 0.2) is 0 Å². The van der Waals surface area contributed by atoms with Crippen LogP contribution in [0.4, 0.5) is 0 Å². The summed E-state index contributed by atoms with van der Waals surface area (Å²) in [6, 6.07) is 0.624. The van der Waals surface area contributed by atoms with Crippen molar-refractivity contribution in [3.05, 3.63) is 16.4 Å². The van der Waals surface area contributed by atoms with Gasteiger partial charge in [-0.3, -0.25) is 4.68 Å². The van der Waals surface area contributed by atoms with Gasteiger partial charge in [-0.15, -0.1) is 0 Å². The summed E-state index contributed by atoms with van der Waals surface area (Å²) in [6.07, 6.45) is 7.72. The molecule has 0 radical (unpaired) electrons. The second kappa shape index (κ2) is 6.95. The van der Waals surface area contributed by atoms with Gasteiger partial charge in [0.25, 0.3) is 0 Å². The van der Waals surface area contributed by atoms with Crippen LogP contribution >= 0.6 is 11.6 Å². The number of nitrogens with zero attached hydrogens (tertiary/aromatic N) is 2. The van der Waals surface area contributed by atoms with Crippen LogP contribution in [-0.4, -0.2) is 22.9 Å². The van der Waals surface area contributed by atoms with Gasteiger partial charge < -0.3 is 5.32 Å². The molecule has 0 aromatic carbocycles. The fraction of sp³-hybridized carbons (Fsp3) is 0.812. The lowest BCUT2D eigenvalue weighted by molar-refractivity contribution is 0.200. The average Bonchev–Trinajstić information content (AvgIpc) is 2.66. The van der Waals surface area contributed by atoms with Crippen molar-refractivity contribution in [1.82, 2.24) is 15.1 Å². The highest BCUT2D eigenvalue weighted by Gasteiger charge is 2.30. The van der Waals surface area contributed by atoms with Crippen LogP contribution in [0.2, 0.25) is 5.15 Å². The molecule has 1 heterocycles. The first kappa shape index (κ1) is 15.8. The summed E-state index contributed by atoms with van der Waals surface area (Å²) in [4.78, 5) is 0. The molecule has 2 rings (SSSR count). The van der Waals surface area contributed by atoms with Gasteiger partial charge in [-0.1, -0.05) is 31.4 Å². The molecule has 3 unspecified atom stereocenters. The molecule has 0 bridgehead atoms. The number of nitrogens with one attached hydrogen (secondary N) is 1. The summed E-state index contributed by atoms with van der Waals surface area (Å²) < 4.78 is 1.80. The zero-order valence-corrected chi connectivity index (χ0v) is 14.0. The predicted molar refractivity (Wildman–Crippen MR) is 85.2 cm³/mol. The first-order valence-electron chi connectivity index (χ1n) is 7.92. The highest BCUT2D eigenvalue weighted by atomic mass is 35.5. The normalized spacial score (nSPS) is 26.9. The lowest BCUT2D eigenvalue weighted by Crippen LogP contribution is -2.39. The molecule has 1 aliphatic carbocycles. The van der Waals surface area contributed by atoms with Gasteiger partial charge in [-0.05, 0) is 51.5 Å². The van der Waals surface area contributed by atoms with Crippen LogP contribution in [0.5, 0.6) is 0 Å². The molecule has 0 saturated heterocycles. The molecule has 3 nitrogen and oxygen atoms in total. The Labute approximate surface area is 128 Å². The lowest BCUT2D eigenvalue weighted by atomic mass is 9.74. The maximum Gasteiger partial charge on any atom is 0.130 e. The SMILES string of the molecule is CCCC1CCC(NC)C(Cc2c(C)nn(C)c2Cl)C1. The van der Waals surface area contributed by atoms with Gasteiger partial charge in [0.05, 0.1) is 5.69 Å². The van der Waals surface area contributed by atoms with Crippen molar-refractivity contribution in [2.75, 3.05) is 7.05 Å². The van der Waals surface area contributed by atoms with E-state index in [1.54, 1.807) is 4.68 Å². The van der Waals surface area contributed by atoms with E-state index in [4.69, 9.17) is 11.6 Å². The average molecular weight is 298 g/mol. The van der Waals surface area contributed by atoms with Gasteiger partial charge in [0, 0.05) is 18.7 Å². The number of rotatable bonds is 5. The van der Waals surface area contributed by atoms with Crippen LogP contribution < -0.4 is 5.32 Å². The Bertz CT molecular complexity index is 441. The van der Waals surface area contributed by atoms with Gasteiger partial charge in [0.2, 0.25) is 0 Å². The van der Waals surface area contributed by atoms with Gasteiger partial charge in [-0.25, -0.2) is 0 Å². The largest absolute Gasteiger partial charge is 0.317 e. The molecule has 4 heteroatoms. The molecule has 0 spiro atoms. The molecule has 114 valence electrons. The zero-order chi connectivity index (χ0) is 14.7. The first-order valence-corrected chi connectivity index (χ1v) is 8.29. The fourth-order valence-electron chi connectivity index (χ4n) is 3.81. The third kappa shape index (κ3) is 3.37. The van der Waals surface area contributed by atoms with E-state index in [2.05, 4.69) is 31.3 Å². The maximum absolute atomic E-state index is 6.40. The van der Waals surface area contributed by atoms with E-state index >= 15 is 0 Å². The Morgan fingerprint density at radius 3 is 2.70 bits per heavy atom. The quantitative estimate of drug-likeness (QED) is 0.897. The summed E-state index contributed by atoms with van der Waals surface area (Å²) in [5.74, 6) is 1.58. The second-order valence-corrected chi connectivity index (χ2v) is 6.66. The van der Waals surface area contributed by atoms with E-state index in [9.17, 15) is 0 Å². The Hall–Kier alpha value is -0.540. The van der Waals surface area contributed by atoms with Crippen LogP contribution in [0.3, 0.4) is 0 Å². The summed E-state index contributed by atoms with van der Waals surface area (Å²) in [7, 11) is 4.02. The number of halogens is 1. The second-order valence-electron chi connectivity index (χ2n) is 6.31. The third-order valence-electron chi connectivity index (χ3n) is 4.89. The monoisotopic (exact) mass is 297 g/mol. The number of hydrogen-bond acceptors (Lipinski definition) is 2. The van der Waals surface area contributed by atoms with Gasteiger partial charge >= 0.3 is 0 Å². The minimum absolute atomic E-state index is 0.624. The van der Waals surface area contributed by atoms with Crippen molar-refractivity contribution < 1.29 is 0 Å². The summed E-state index contributed by atoms with van der Waals surface area (Å²) in [6.45, 7) is 4.36. The molecule has 1 aromatic rings. The summed E-state index contributed by atoms with van der Waals surface area (Å²) in [5, 5.41) is 8.77. The van der Waals surface area contributed by atoms with E-state index < -0.39 is 0 Å². The Morgan fingerprint density at radius 2 is 2.15 bits per heavy atom. The fourth-order valence-corrected chi connectivity index (χ4v) is 4.06. The number of aryl methyl sites for hydroxylation is 2. The molecular weight excluding hydrogens is 270 g/mol. The van der Waals surface area contributed by atoms with Crippen LogP contribution in [-0.2, 0) is 13.5 Å². The van der Waals surface area contributed by atoms with E-state index in [-0.39, 0.29) is 0 Å². The molecule has 0 aliphatic heterocycles. The van der Waals surface area contributed by atoms with Crippen molar-refractivity contribution in [3.63, 3.8) is 0 Å². The van der Waals surface area contributed by atoms with E-state index in [1.807, 2.05) is 7.05 Å². The standard InChI is InChI=1S/C16H28ClN3/c1-5-6-12-7-8-15(18-3)13(9-12)10-14-11(2)19-20(4)16(14)17/h12-13,15,18H,5-10H2,1-4H3. The minimum Gasteiger partial charge on any atom is -0.317 e. The Morgan fingerprint density at radius 1 is 1.40 bits per heavy atom. The van der Waals surface area contributed by atoms with Crippen LogP contribution in [0.1, 0.15) is 50.3 Å². The van der Waals surface area contributed by atoms with Crippen molar-refractivity contribution in [2.45, 2.75) is 58.4 Å². The van der Waals surface area contributed by atoms with Gasteiger partial charge in [0.1, 0.15) is 5.15 Å². The van der Waals surface area contributed by atoms with Crippen molar-refractivity contribution in [2.24, 2.45) is 18.9 Å². The summed E-state index contributed by atoms with van der Waals surface area (Å²) >= 11 is 6.40. The van der Waals surface area contributed by atoms with Crippen molar-refractivity contribution in [1.29, 1.82) is 0 Å². The molecular formula is C16H28ClN3. The van der Waals surface area contributed by atoms with Crippen LogP contribution in [0.25, 0.3) is 0 Å². The Kier molecular flexibility index (Phi) is 5.50. The number of hydrogen-bond donors (Lipinski definition) is 1. The zero-order valence-electron chi connectivity index (χ0n) is 13.2. The van der Waals surface area contributed by atoms with E-state index in [1.165, 1.54) is 37.7 Å². The lowest BCUT2D eigenvalue weighted by Gasteiger charge is -2.36. The van der Waals surface area contributed by atoms with Gasteiger partial charge in [0.15, 0.2) is 0 Å². The maximum atomic E-state index is 6.40. The third-order valence-corrected chi connectivity index (χ3v) is 5.37. The van der Waals surface area contributed by atoms with Crippen molar-refractivity contribution in [3.8, 4) is 0 Å². The highest BCUT2D eigenvalue weighted by molar-refractivity contribution is 6.30. The molecule has 0 amide bonds. The Balaban J connectivity index is 2.11. The molecule has 1 fully saturated rings. The van der Waals surface area contributed by atoms with E-state index in [0.717, 1.165) is 23.2 Å². The first-order chi connectivity index (χ1) is 9.56. The summed E-state index contributed by atoms with van der Waals surface area (Å²) in [5.41, 5.74) is 2.33. The topological polar surface area (TPSA) is 29.9 Å². The molecule has 20 heavy (non-hydrogen) atoms. The predicted octanol–water partition coefficient (Wildman–Crippen LogP) is 3.73.